The molecule has 3 rings (SSSR count). The van der Waals surface area contributed by atoms with Gasteiger partial charge in [-0.15, -0.1) is 0 Å². The quantitative estimate of drug-likeness (QED) is 0.797. The molecule has 0 saturated heterocycles. The average molecular weight is 280 g/mol. The number of aliphatic hydroxyl groups excluding tert-OH is 1. The first-order valence-electron chi connectivity index (χ1n) is 7.27. The Labute approximate surface area is 124 Å². The zero-order valence-corrected chi connectivity index (χ0v) is 12.5. The average Bonchev–Trinajstić information content (AvgIpc) is 2.83. The van der Waals surface area contributed by atoms with Crippen molar-refractivity contribution in [1.29, 1.82) is 0 Å². The maximum Gasteiger partial charge on any atom is 0.0710 e. The molecule has 0 spiro atoms. The van der Waals surface area contributed by atoms with E-state index >= 15 is 0 Å². The zero-order chi connectivity index (χ0) is 14.8. The Morgan fingerprint density at radius 3 is 2.52 bits per heavy atom. The van der Waals surface area contributed by atoms with E-state index in [0.717, 1.165) is 23.2 Å². The van der Waals surface area contributed by atoms with Gasteiger partial charge >= 0.3 is 0 Å². The van der Waals surface area contributed by atoms with Crippen molar-refractivity contribution in [3.8, 4) is 0 Å². The molecule has 21 heavy (non-hydrogen) atoms. The van der Waals surface area contributed by atoms with E-state index in [1.807, 2.05) is 23.9 Å². The van der Waals surface area contributed by atoms with Crippen molar-refractivity contribution in [2.45, 2.75) is 19.3 Å². The van der Waals surface area contributed by atoms with E-state index in [2.05, 4.69) is 48.4 Å². The van der Waals surface area contributed by atoms with Gasteiger partial charge in [-0.1, -0.05) is 48.0 Å². The second kappa shape index (κ2) is 5.70. The lowest BCUT2D eigenvalue weighted by molar-refractivity contribution is 0.264. The van der Waals surface area contributed by atoms with E-state index in [4.69, 9.17) is 0 Å². The molecule has 2 aromatic carbocycles. The van der Waals surface area contributed by atoms with Gasteiger partial charge in [0, 0.05) is 24.8 Å². The van der Waals surface area contributed by atoms with Gasteiger partial charge in [0.25, 0.3) is 0 Å². The van der Waals surface area contributed by atoms with E-state index in [9.17, 15) is 5.11 Å². The monoisotopic (exact) mass is 280 g/mol. The van der Waals surface area contributed by atoms with Crippen molar-refractivity contribution in [2.24, 2.45) is 7.05 Å². The van der Waals surface area contributed by atoms with Crippen molar-refractivity contribution in [2.75, 3.05) is 6.61 Å². The molecule has 0 bridgehead atoms. The predicted molar refractivity (Wildman–Crippen MR) is 85.4 cm³/mol. The third kappa shape index (κ3) is 2.69. The van der Waals surface area contributed by atoms with Crippen LogP contribution in [-0.2, 0) is 13.5 Å². The minimum atomic E-state index is 0.0870. The second-order valence-corrected chi connectivity index (χ2v) is 5.58. The fraction of sp³-hybridized carbons (Fsp3) is 0.278. The number of fused-ring (bicyclic) bond motifs is 1. The summed E-state index contributed by atoms with van der Waals surface area (Å²) in [6.45, 7) is 2.21. The van der Waals surface area contributed by atoms with Crippen molar-refractivity contribution in [3.05, 3.63) is 65.4 Å². The van der Waals surface area contributed by atoms with E-state index in [-0.39, 0.29) is 12.5 Å². The van der Waals surface area contributed by atoms with Crippen molar-refractivity contribution < 1.29 is 5.11 Å². The van der Waals surface area contributed by atoms with Crippen LogP contribution in [-0.4, -0.2) is 21.5 Å². The standard InChI is InChI=1S/C18H20N2O/c1-13-7-9-14(10-8-13)15(12-21)11-17-16-5-3-4-6-18(16)20(2)19-17/h3-10,15,21H,11-12H2,1-2H3. The molecular formula is C18H20N2O. The highest BCUT2D eigenvalue weighted by atomic mass is 16.3. The fourth-order valence-corrected chi connectivity index (χ4v) is 2.80. The summed E-state index contributed by atoms with van der Waals surface area (Å²) < 4.78 is 1.91. The number of benzene rings is 2. The van der Waals surface area contributed by atoms with Gasteiger partial charge in [0.05, 0.1) is 17.8 Å². The second-order valence-electron chi connectivity index (χ2n) is 5.58. The molecule has 3 aromatic rings. The van der Waals surface area contributed by atoms with E-state index in [1.54, 1.807) is 0 Å². The molecule has 0 radical (unpaired) electrons. The summed E-state index contributed by atoms with van der Waals surface area (Å²) in [6, 6.07) is 16.6. The van der Waals surface area contributed by atoms with Gasteiger partial charge in [0.1, 0.15) is 0 Å². The van der Waals surface area contributed by atoms with Crippen LogP contribution in [0.15, 0.2) is 48.5 Å². The van der Waals surface area contributed by atoms with Crippen LogP contribution in [0.4, 0.5) is 0 Å². The van der Waals surface area contributed by atoms with Crippen LogP contribution in [0.25, 0.3) is 10.9 Å². The molecule has 0 aliphatic carbocycles. The molecule has 1 atom stereocenters. The van der Waals surface area contributed by atoms with Crippen molar-refractivity contribution >= 4 is 10.9 Å². The molecule has 0 saturated carbocycles. The summed E-state index contributed by atoms with van der Waals surface area (Å²) in [5.74, 6) is 0.0870. The normalized spacial score (nSPS) is 12.7. The molecular weight excluding hydrogens is 260 g/mol. The van der Waals surface area contributed by atoms with E-state index in [0.29, 0.717) is 0 Å². The molecule has 0 fully saturated rings. The van der Waals surface area contributed by atoms with Gasteiger partial charge in [0.2, 0.25) is 0 Å². The Bertz CT molecular complexity index is 744. The van der Waals surface area contributed by atoms with Crippen molar-refractivity contribution in [3.63, 3.8) is 0 Å². The number of aryl methyl sites for hydroxylation is 2. The lowest BCUT2D eigenvalue weighted by Gasteiger charge is -2.13. The number of para-hydroxylation sites is 1. The molecule has 1 unspecified atom stereocenters. The number of rotatable bonds is 4. The van der Waals surface area contributed by atoms with Crippen LogP contribution in [0, 0.1) is 6.92 Å². The summed E-state index contributed by atoms with van der Waals surface area (Å²) in [7, 11) is 1.96. The van der Waals surface area contributed by atoms with Crippen LogP contribution in [0.3, 0.4) is 0 Å². The Balaban J connectivity index is 1.94. The Hall–Kier alpha value is -2.13. The van der Waals surface area contributed by atoms with Crippen LogP contribution in [0.1, 0.15) is 22.7 Å². The topological polar surface area (TPSA) is 38.1 Å². The van der Waals surface area contributed by atoms with Gasteiger partial charge in [-0.25, -0.2) is 0 Å². The third-order valence-electron chi connectivity index (χ3n) is 4.04. The predicted octanol–water partition coefficient (Wildman–Crippen LogP) is 3.20. The van der Waals surface area contributed by atoms with Gasteiger partial charge < -0.3 is 5.11 Å². The van der Waals surface area contributed by atoms with Crippen molar-refractivity contribution in [1.82, 2.24) is 9.78 Å². The fourth-order valence-electron chi connectivity index (χ4n) is 2.80. The molecule has 0 aliphatic rings. The summed E-state index contributed by atoms with van der Waals surface area (Å²) in [6.07, 6.45) is 0.751. The first-order valence-corrected chi connectivity index (χ1v) is 7.27. The zero-order valence-electron chi connectivity index (χ0n) is 12.5. The highest BCUT2D eigenvalue weighted by molar-refractivity contribution is 5.81. The van der Waals surface area contributed by atoms with Crippen LogP contribution >= 0.6 is 0 Å². The summed E-state index contributed by atoms with van der Waals surface area (Å²) in [5, 5.41) is 15.6. The first-order chi connectivity index (χ1) is 10.2. The summed E-state index contributed by atoms with van der Waals surface area (Å²) >= 11 is 0. The maximum absolute atomic E-state index is 9.75. The van der Waals surface area contributed by atoms with Gasteiger partial charge in [-0.05, 0) is 18.6 Å². The minimum absolute atomic E-state index is 0.0870. The maximum atomic E-state index is 9.75. The van der Waals surface area contributed by atoms with Gasteiger partial charge in [-0.3, -0.25) is 4.68 Å². The highest BCUT2D eigenvalue weighted by Gasteiger charge is 2.16. The largest absolute Gasteiger partial charge is 0.396 e. The Morgan fingerprint density at radius 2 is 1.81 bits per heavy atom. The van der Waals surface area contributed by atoms with Crippen LogP contribution < -0.4 is 0 Å². The van der Waals surface area contributed by atoms with Crippen LogP contribution in [0.2, 0.25) is 0 Å². The molecule has 108 valence electrons. The Kier molecular flexibility index (Phi) is 3.76. The molecule has 3 nitrogen and oxygen atoms in total. The lowest BCUT2D eigenvalue weighted by Crippen LogP contribution is -2.08. The molecule has 3 heteroatoms. The SMILES string of the molecule is Cc1ccc(C(CO)Cc2nn(C)c3ccccc23)cc1. The number of nitrogens with zero attached hydrogens (tertiary/aromatic N) is 2. The molecule has 1 N–H and O–H groups in total. The van der Waals surface area contributed by atoms with E-state index < -0.39 is 0 Å². The summed E-state index contributed by atoms with van der Waals surface area (Å²) in [5.41, 5.74) is 4.58. The number of aromatic nitrogens is 2. The van der Waals surface area contributed by atoms with Gasteiger partial charge in [-0.2, -0.15) is 5.10 Å². The summed E-state index contributed by atoms with van der Waals surface area (Å²) in [4.78, 5) is 0. The molecule has 0 amide bonds. The minimum Gasteiger partial charge on any atom is -0.396 e. The Morgan fingerprint density at radius 1 is 1.10 bits per heavy atom. The molecule has 1 aromatic heterocycles. The highest BCUT2D eigenvalue weighted by Crippen LogP contribution is 2.25. The third-order valence-corrected chi connectivity index (χ3v) is 4.04. The smallest absolute Gasteiger partial charge is 0.0710 e. The number of hydrogen-bond donors (Lipinski definition) is 1. The van der Waals surface area contributed by atoms with Crippen LogP contribution in [0.5, 0.6) is 0 Å². The first kappa shape index (κ1) is 13.8. The number of hydrogen-bond acceptors (Lipinski definition) is 2. The van der Waals surface area contributed by atoms with E-state index in [1.165, 1.54) is 10.9 Å². The lowest BCUT2D eigenvalue weighted by atomic mass is 9.93. The molecule has 0 aliphatic heterocycles. The molecule has 1 heterocycles. The van der Waals surface area contributed by atoms with Gasteiger partial charge in [0.15, 0.2) is 0 Å². The number of aliphatic hydroxyl groups is 1.